The van der Waals surface area contributed by atoms with Crippen molar-refractivity contribution in [3.05, 3.63) is 47.3 Å². The van der Waals surface area contributed by atoms with Crippen LogP contribution in [0.4, 0.5) is 0 Å². The predicted molar refractivity (Wildman–Crippen MR) is 62.6 cm³/mol. The second kappa shape index (κ2) is 5.39. The van der Waals surface area contributed by atoms with Crippen molar-refractivity contribution in [2.24, 2.45) is 0 Å². The van der Waals surface area contributed by atoms with E-state index in [1.165, 1.54) is 0 Å². The maximum atomic E-state index is 10.7. The average molecular weight is 230 g/mol. The summed E-state index contributed by atoms with van der Waals surface area (Å²) in [6.07, 6.45) is 2.11. The molecule has 4 heteroatoms. The van der Waals surface area contributed by atoms with E-state index in [4.69, 9.17) is 0 Å². The van der Waals surface area contributed by atoms with Gasteiger partial charge in [-0.05, 0) is 18.4 Å². The van der Waals surface area contributed by atoms with E-state index < -0.39 is 0 Å². The van der Waals surface area contributed by atoms with Crippen molar-refractivity contribution in [3.8, 4) is 0 Å². The highest BCUT2D eigenvalue weighted by atomic mass is 16.6. The van der Waals surface area contributed by atoms with Crippen LogP contribution in [0.2, 0.25) is 0 Å². The van der Waals surface area contributed by atoms with Gasteiger partial charge in [0.25, 0.3) is 0 Å². The summed E-state index contributed by atoms with van der Waals surface area (Å²) in [5.74, 6) is 0.138. The molecule has 0 radical (unpaired) electrons. The number of rotatable bonds is 5. The monoisotopic (exact) mass is 230 g/mol. The summed E-state index contributed by atoms with van der Waals surface area (Å²) in [6.45, 7) is 1.86. The molecule has 0 N–H and O–H groups in total. The fraction of sp³-hybridized carbons (Fsp3) is 0.308. The van der Waals surface area contributed by atoms with Gasteiger partial charge in [0.2, 0.25) is 0 Å². The van der Waals surface area contributed by atoms with Crippen LogP contribution in [0.5, 0.6) is 0 Å². The molecule has 2 aromatic rings. The van der Waals surface area contributed by atoms with E-state index in [1.54, 1.807) is 0 Å². The summed E-state index contributed by atoms with van der Waals surface area (Å²) in [6, 6.07) is 9.96. The first-order chi connectivity index (χ1) is 8.31. The van der Waals surface area contributed by atoms with Gasteiger partial charge in [0.15, 0.2) is 0 Å². The second-order valence-electron chi connectivity index (χ2n) is 4.01. The van der Waals surface area contributed by atoms with Crippen LogP contribution in [0, 0.1) is 6.92 Å². The van der Waals surface area contributed by atoms with Crippen molar-refractivity contribution in [2.75, 3.05) is 0 Å². The molecule has 2 rings (SSSR count). The minimum absolute atomic E-state index is 0.138. The van der Waals surface area contributed by atoms with E-state index in [2.05, 4.69) is 14.9 Å². The van der Waals surface area contributed by atoms with Gasteiger partial charge in [0.05, 0.1) is 0 Å². The Morgan fingerprint density at radius 1 is 1.29 bits per heavy atom. The highest BCUT2D eigenvalue weighted by molar-refractivity contribution is 5.52. The fourth-order valence-electron chi connectivity index (χ4n) is 1.85. The van der Waals surface area contributed by atoms with E-state index in [0.29, 0.717) is 12.8 Å². The predicted octanol–water partition coefficient (Wildman–Crippen LogP) is 2.29. The summed E-state index contributed by atoms with van der Waals surface area (Å²) in [4.78, 5) is 10.7. The van der Waals surface area contributed by atoms with Crippen LogP contribution in [0.25, 0.3) is 0 Å². The van der Waals surface area contributed by atoms with E-state index in [-0.39, 0.29) is 5.92 Å². The fourth-order valence-corrected chi connectivity index (χ4v) is 1.85. The Balaban J connectivity index is 2.19. The minimum Gasteiger partial charge on any atom is -0.303 e. The molecular formula is C13H14N2O2. The highest BCUT2D eigenvalue weighted by Gasteiger charge is 2.16. The number of hydrogen-bond acceptors (Lipinski definition) is 4. The topological polar surface area (TPSA) is 56.0 Å². The molecule has 0 spiro atoms. The first-order valence-electron chi connectivity index (χ1n) is 5.58. The molecule has 1 aromatic carbocycles. The molecule has 0 aliphatic carbocycles. The van der Waals surface area contributed by atoms with Gasteiger partial charge in [0.1, 0.15) is 17.7 Å². The smallest absolute Gasteiger partial charge is 0.120 e. The van der Waals surface area contributed by atoms with Gasteiger partial charge in [-0.25, -0.2) is 4.63 Å². The van der Waals surface area contributed by atoms with E-state index >= 15 is 0 Å². The number of aryl methyl sites for hydroxylation is 1. The van der Waals surface area contributed by atoms with Crippen molar-refractivity contribution in [1.82, 2.24) is 10.3 Å². The molecule has 4 nitrogen and oxygen atoms in total. The lowest BCUT2D eigenvalue weighted by molar-refractivity contribution is -0.108. The largest absolute Gasteiger partial charge is 0.303 e. The van der Waals surface area contributed by atoms with Crippen molar-refractivity contribution < 1.29 is 9.42 Å². The third kappa shape index (κ3) is 2.78. The quantitative estimate of drug-likeness (QED) is 0.739. The Bertz CT molecular complexity index is 479. The van der Waals surface area contributed by atoms with Gasteiger partial charge < -0.3 is 4.79 Å². The number of nitrogens with zero attached hydrogens (tertiary/aromatic N) is 2. The van der Waals surface area contributed by atoms with Gasteiger partial charge in [-0.1, -0.05) is 40.6 Å². The molecule has 1 heterocycles. The van der Waals surface area contributed by atoms with Crippen LogP contribution < -0.4 is 0 Å². The lowest BCUT2D eigenvalue weighted by atomic mass is 9.91. The summed E-state index contributed by atoms with van der Waals surface area (Å²) >= 11 is 0. The van der Waals surface area contributed by atoms with Crippen molar-refractivity contribution in [1.29, 1.82) is 0 Å². The Labute approximate surface area is 99.6 Å². The van der Waals surface area contributed by atoms with Gasteiger partial charge in [-0.3, -0.25) is 0 Å². The van der Waals surface area contributed by atoms with Crippen LogP contribution in [-0.4, -0.2) is 16.6 Å². The number of benzene rings is 1. The minimum atomic E-state index is 0.138. The summed E-state index contributed by atoms with van der Waals surface area (Å²) in [5, 5.41) is 7.61. The van der Waals surface area contributed by atoms with E-state index in [0.717, 1.165) is 23.2 Å². The van der Waals surface area contributed by atoms with Gasteiger partial charge in [-0.2, -0.15) is 0 Å². The van der Waals surface area contributed by atoms with Crippen molar-refractivity contribution in [3.63, 3.8) is 0 Å². The molecule has 88 valence electrons. The summed E-state index contributed by atoms with van der Waals surface area (Å²) in [7, 11) is 0. The molecule has 1 aromatic heterocycles. The molecule has 1 atom stereocenters. The van der Waals surface area contributed by atoms with Crippen molar-refractivity contribution >= 4 is 6.29 Å². The molecule has 0 bridgehead atoms. The zero-order chi connectivity index (χ0) is 12.1. The highest BCUT2D eigenvalue weighted by Crippen LogP contribution is 2.23. The summed E-state index contributed by atoms with van der Waals surface area (Å²) < 4.78 is 4.67. The average Bonchev–Trinajstić information content (AvgIpc) is 2.76. The zero-order valence-electron chi connectivity index (χ0n) is 9.67. The Kier molecular flexibility index (Phi) is 3.65. The maximum Gasteiger partial charge on any atom is 0.120 e. The molecular weight excluding hydrogens is 216 g/mol. The first-order valence-corrected chi connectivity index (χ1v) is 5.58. The van der Waals surface area contributed by atoms with E-state index in [1.807, 2.05) is 37.3 Å². The molecule has 0 fully saturated rings. The van der Waals surface area contributed by atoms with Gasteiger partial charge in [-0.15, -0.1) is 0 Å². The van der Waals surface area contributed by atoms with Crippen molar-refractivity contribution in [2.45, 2.75) is 25.7 Å². The van der Waals surface area contributed by atoms with Crippen LogP contribution in [-0.2, 0) is 11.2 Å². The number of carbonyl (C=O) groups excluding carboxylic acids is 1. The normalized spacial score (nSPS) is 12.3. The van der Waals surface area contributed by atoms with Gasteiger partial charge in [0, 0.05) is 12.8 Å². The Morgan fingerprint density at radius 2 is 2.06 bits per heavy atom. The van der Waals surface area contributed by atoms with Crippen LogP contribution in [0.1, 0.15) is 29.3 Å². The third-order valence-electron chi connectivity index (χ3n) is 2.84. The molecule has 0 saturated heterocycles. The Hall–Kier alpha value is -1.97. The lowest BCUT2D eigenvalue weighted by Crippen LogP contribution is -2.05. The molecule has 17 heavy (non-hydrogen) atoms. The SMILES string of the molecule is Cc1nonc1CC(CC=O)c1ccccc1. The number of aldehydes is 1. The lowest BCUT2D eigenvalue weighted by Gasteiger charge is -2.12. The zero-order valence-corrected chi connectivity index (χ0v) is 9.67. The standard InChI is InChI=1S/C13H14N2O2/c1-10-13(15-17-14-10)9-12(7-8-16)11-5-3-2-4-6-11/h2-6,8,12H,7,9H2,1H3. The van der Waals surface area contributed by atoms with Crippen LogP contribution >= 0.6 is 0 Å². The van der Waals surface area contributed by atoms with E-state index in [9.17, 15) is 4.79 Å². The number of hydrogen-bond donors (Lipinski definition) is 0. The first kappa shape index (κ1) is 11.5. The van der Waals surface area contributed by atoms with Crippen LogP contribution in [0.15, 0.2) is 35.0 Å². The number of carbonyl (C=O) groups is 1. The summed E-state index contributed by atoms with van der Waals surface area (Å²) in [5.41, 5.74) is 2.75. The molecule has 1 unspecified atom stereocenters. The second-order valence-corrected chi connectivity index (χ2v) is 4.01. The van der Waals surface area contributed by atoms with Crippen LogP contribution in [0.3, 0.4) is 0 Å². The molecule has 0 amide bonds. The van der Waals surface area contributed by atoms with Gasteiger partial charge >= 0.3 is 0 Å². The third-order valence-corrected chi connectivity index (χ3v) is 2.84. The Morgan fingerprint density at radius 3 is 2.65 bits per heavy atom. The molecule has 0 saturated carbocycles. The number of aromatic nitrogens is 2. The molecule has 0 aliphatic rings. The maximum absolute atomic E-state index is 10.7. The molecule has 0 aliphatic heterocycles.